The van der Waals surface area contributed by atoms with E-state index in [1.807, 2.05) is 14.0 Å². The van der Waals surface area contributed by atoms with Crippen molar-refractivity contribution >= 4 is 38.9 Å². The van der Waals surface area contributed by atoms with Crippen molar-refractivity contribution in [1.82, 2.24) is 10.2 Å². The normalized spacial score (nSPS) is 14.7. The van der Waals surface area contributed by atoms with Gasteiger partial charge >= 0.3 is 0 Å². The SMILES string of the molecule is CCCS(=O)(=O)c1ccc(C(NC(=O)c2cccc(Cl)c2Cl)C(C)N(C)CC(C)CC)cc1. The van der Waals surface area contributed by atoms with Crippen LogP contribution in [0.4, 0.5) is 0 Å². The van der Waals surface area contributed by atoms with Crippen molar-refractivity contribution < 1.29 is 13.2 Å². The molecule has 1 N–H and O–H groups in total. The zero-order chi connectivity index (χ0) is 24.8. The Kier molecular flexibility index (Phi) is 10.2. The Labute approximate surface area is 208 Å². The first-order valence-corrected chi connectivity index (χ1v) is 13.7. The fourth-order valence-corrected chi connectivity index (χ4v) is 5.40. The molecule has 1 amide bonds. The standard InChI is InChI=1S/C25H34Cl2N2O3S/c1-6-15-33(31,32)20-13-11-19(12-14-20)24(18(4)29(5)16-17(3)7-2)28-25(30)21-9-8-10-22(26)23(21)27/h8-14,17-18,24H,6-7,15-16H2,1-5H3,(H,28,30). The monoisotopic (exact) mass is 512 g/mol. The number of benzene rings is 2. The third kappa shape index (κ3) is 7.19. The Balaban J connectivity index is 2.40. The van der Waals surface area contributed by atoms with Gasteiger partial charge in [-0.05, 0) is 56.1 Å². The van der Waals surface area contributed by atoms with Crippen molar-refractivity contribution in [2.24, 2.45) is 5.92 Å². The molecule has 0 aliphatic heterocycles. The number of rotatable bonds is 11. The summed E-state index contributed by atoms with van der Waals surface area (Å²) in [5.41, 5.74) is 1.12. The Morgan fingerprint density at radius 3 is 2.27 bits per heavy atom. The number of nitrogens with one attached hydrogen (secondary N) is 1. The van der Waals surface area contributed by atoms with Crippen LogP contribution < -0.4 is 5.32 Å². The molecule has 0 aliphatic carbocycles. The smallest absolute Gasteiger partial charge is 0.253 e. The van der Waals surface area contributed by atoms with Gasteiger partial charge in [-0.15, -0.1) is 0 Å². The average Bonchev–Trinajstić information content (AvgIpc) is 2.78. The molecule has 2 aromatic rings. The molecule has 182 valence electrons. The molecule has 3 atom stereocenters. The summed E-state index contributed by atoms with van der Waals surface area (Å²) in [4.78, 5) is 15.6. The first kappa shape index (κ1) is 27.6. The van der Waals surface area contributed by atoms with Crippen molar-refractivity contribution in [3.05, 3.63) is 63.6 Å². The highest BCUT2D eigenvalue weighted by Crippen LogP contribution is 2.28. The molecule has 2 rings (SSSR count). The quantitative estimate of drug-likeness (QED) is 0.399. The Morgan fingerprint density at radius 1 is 1.06 bits per heavy atom. The molecule has 0 aliphatic rings. The molecule has 0 fully saturated rings. The average molecular weight is 514 g/mol. The number of carbonyl (C=O) groups excluding carboxylic acids is 1. The van der Waals surface area contributed by atoms with E-state index in [-0.39, 0.29) is 33.7 Å². The summed E-state index contributed by atoms with van der Waals surface area (Å²) in [7, 11) is -1.28. The van der Waals surface area contributed by atoms with Crippen molar-refractivity contribution in [3.8, 4) is 0 Å². The van der Waals surface area contributed by atoms with E-state index >= 15 is 0 Å². The maximum absolute atomic E-state index is 13.1. The summed E-state index contributed by atoms with van der Waals surface area (Å²) in [6.07, 6.45) is 1.61. The van der Waals surface area contributed by atoms with Gasteiger partial charge in [0.15, 0.2) is 9.84 Å². The van der Waals surface area contributed by atoms with Crippen LogP contribution in [0.15, 0.2) is 47.4 Å². The fraction of sp³-hybridized carbons (Fsp3) is 0.480. The Hall–Kier alpha value is -1.60. The van der Waals surface area contributed by atoms with Gasteiger partial charge in [0.25, 0.3) is 5.91 Å². The van der Waals surface area contributed by atoms with Gasteiger partial charge in [0.05, 0.1) is 32.3 Å². The lowest BCUT2D eigenvalue weighted by Crippen LogP contribution is -2.44. The highest BCUT2D eigenvalue weighted by atomic mass is 35.5. The molecule has 33 heavy (non-hydrogen) atoms. The van der Waals surface area contributed by atoms with Crippen LogP contribution in [0.3, 0.4) is 0 Å². The molecular formula is C25H34Cl2N2O3S. The second-order valence-corrected chi connectivity index (χ2v) is 11.5. The predicted molar refractivity (Wildman–Crippen MR) is 137 cm³/mol. The van der Waals surface area contributed by atoms with E-state index in [1.54, 1.807) is 42.5 Å². The lowest BCUT2D eigenvalue weighted by atomic mass is 9.97. The summed E-state index contributed by atoms with van der Waals surface area (Å²) in [5.74, 6) is 0.269. The molecule has 8 heteroatoms. The van der Waals surface area contributed by atoms with Gasteiger partial charge in [0, 0.05) is 12.6 Å². The van der Waals surface area contributed by atoms with Gasteiger partial charge in [-0.1, -0.05) is 68.6 Å². The number of nitrogens with zero attached hydrogens (tertiary/aromatic N) is 1. The number of hydrogen-bond acceptors (Lipinski definition) is 4. The molecule has 0 heterocycles. The minimum Gasteiger partial charge on any atom is -0.344 e. The molecule has 0 spiro atoms. The van der Waals surface area contributed by atoms with Crippen LogP contribution in [0.1, 0.15) is 62.5 Å². The number of halogens is 2. The van der Waals surface area contributed by atoms with Gasteiger partial charge < -0.3 is 10.2 Å². The fourth-order valence-electron chi connectivity index (χ4n) is 3.69. The van der Waals surface area contributed by atoms with E-state index in [0.29, 0.717) is 22.9 Å². The lowest BCUT2D eigenvalue weighted by molar-refractivity contribution is 0.0900. The van der Waals surface area contributed by atoms with Crippen LogP contribution in [0.5, 0.6) is 0 Å². The first-order chi connectivity index (χ1) is 15.5. The van der Waals surface area contributed by atoms with Crippen molar-refractivity contribution in [2.45, 2.75) is 57.5 Å². The summed E-state index contributed by atoms with van der Waals surface area (Å²) in [6.45, 7) is 9.10. The number of amides is 1. The first-order valence-electron chi connectivity index (χ1n) is 11.3. The molecule has 2 aromatic carbocycles. The largest absolute Gasteiger partial charge is 0.344 e. The van der Waals surface area contributed by atoms with Crippen LogP contribution in [-0.4, -0.2) is 44.6 Å². The van der Waals surface area contributed by atoms with Gasteiger partial charge in [-0.3, -0.25) is 4.79 Å². The highest BCUT2D eigenvalue weighted by Gasteiger charge is 2.27. The van der Waals surface area contributed by atoms with E-state index in [9.17, 15) is 13.2 Å². The van der Waals surface area contributed by atoms with Gasteiger partial charge in [-0.25, -0.2) is 8.42 Å². The van der Waals surface area contributed by atoms with Gasteiger partial charge in [-0.2, -0.15) is 0 Å². The Morgan fingerprint density at radius 2 is 1.70 bits per heavy atom. The molecule has 0 aromatic heterocycles. The molecule has 3 unspecified atom stereocenters. The van der Waals surface area contributed by atoms with E-state index in [0.717, 1.165) is 18.5 Å². The van der Waals surface area contributed by atoms with Crippen molar-refractivity contribution in [1.29, 1.82) is 0 Å². The number of hydrogen-bond donors (Lipinski definition) is 1. The molecule has 5 nitrogen and oxygen atoms in total. The van der Waals surface area contributed by atoms with Crippen LogP contribution in [0.2, 0.25) is 10.0 Å². The molecule has 0 bridgehead atoms. The zero-order valence-corrected chi connectivity index (χ0v) is 22.3. The number of sulfone groups is 1. The molecule has 0 saturated heterocycles. The molecular weight excluding hydrogens is 479 g/mol. The predicted octanol–water partition coefficient (Wildman–Crippen LogP) is 6.01. The Bertz CT molecular complexity index is 1040. The number of likely N-dealkylation sites (N-methyl/N-ethyl adjacent to an activating group) is 1. The maximum atomic E-state index is 13.1. The maximum Gasteiger partial charge on any atom is 0.253 e. The van der Waals surface area contributed by atoms with E-state index in [1.165, 1.54) is 0 Å². The second kappa shape index (κ2) is 12.2. The minimum atomic E-state index is -3.31. The highest BCUT2D eigenvalue weighted by molar-refractivity contribution is 7.91. The minimum absolute atomic E-state index is 0.0565. The van der Waals surface area contributed by atoms with Crippen LogP contribution in [0.25, 0.3) is 0 Å². The third-order valence-electron chi connectivity index (χ3n) is 6.03. The van der Waals surface area contributed by atoms with Gasteiger partial charge in [0.2, 0.25) is 0 Å². The summed E-state index contributed by atoms with van der Waals surface area (Å²) in [6, 6.07) is 11.3. The zero-order valence-electron chi connectivity index (χ0n) is 19.9. The molecule has 0 saturated carbocycles. The van der Waals surface area contributed by atoms with Crippen molar-refractivity contribution in [2.75, 3.05) is 19.3 Å². The van der Waals surface area contributed by atoms with Crippen LogP contribution in [-0.2, 0) is 9.84 Å². The van der Waals surface area contributed by atoms with E-state index in [2.05, 4.69) is 31.0 Å². The molecule has 0 radical (unpaired) electrons. The summed E-state index contributed by atoms with van der Waals surface area (Å²) < 4.78 is 24.9. The van der Waals surface area contributed by atoms with Crippen molar-refractivity contribution in [3.63, 3.8) is 0 Å². The third-order valence-corrected chi connectivity index (χ3v) is 8.78. The topological polar surface area (TPSA) is 66.5 Å². The summed E-state index contributed by atoms with van der Waals surface area (Å²) in [5, 5.41) is 3.62. The number of carbonyl (C=O) groups is 1. The van der Waals surface area contributed by atoms with Crippen LogP contribution >= 0.6 is 23.2 Å². The van der Waals surface area contributed by atoms with E-state index in [4.69, 9.17) is 23.2 Å². The lowest BCUT2D eigenvalue weighted by Gasteiger charge is -2.34. The van der Waals surface area contributed by atoms with Gasteiger partial charge in [0.1, 0.15) is 0 Å². The summed E-state index contributed by atoms with van der Waals surface area (Å²) >= 11 is 12.4. The van der Waals surface area contributed by atoms with Crippen LogP contribution in [0, 0.1) is 5.92 Å². The second-order valence-electron chi connectivity index (χ2n) is 8.63. The van der Waals surface area contributed by atoms with E-state index < -0.39 is 9.84 Å².